The van der Waals surface area contributed by atoms with E-state index in [9.17, 15) is 0 Å². The van der Waals surface area contributed by atoms with Gasteiger partial charge in [0, 0.05) is 74.2 Å². The zero-order chi connectivity index (χ0) is 21.4. The molecule has 5 nitrogen and oxygen atoms in total. The average molecular weight is 404 g/mol. The second-order valence-corrected chi connectivity index (χ2v) is 8.78. The molecule has 158 valence electrons. The van der Waals surface area contributed by atoms with E-state index in [0.717, 1.165) is 43.9 Å². The summed E-state index contributed by atoms with van der Waals surface area (Å²) in [6, 6.07) is 0. The van der Waals surface area contributed by atoms with Crippen LogP contribution in [-0.2, 0) is 13.0 Å². The van der Waals surface area contributed by atoms with Crippen molar-refractivity contribution in [2.45, 2.75) is 46.1 Å². The van der Waals surface area contributed by atoms with Crippen molar-refractivity contribution in [3.05, 3.63) is 58.7 Å². The monoisotopic (exact) mass is 403 g/mol. The molecule has 1 aliphatic heterocycles. The lowest BCUT2D eigenvalue weighted by Crippen LogP contribution is -2.27. The van der Waals surface area contributed by atoms with E-state index < -0.39 is 0 Å². The molecule has 0 N–H and O–H groups in total. The molecule has 5 heteroatoms. The molecule has 30 heavy (non-hydrogen) atoms. The van der Waals surface area contributed by atoms with E-state index in [1.54, 1.807) is 0 Å². The maximum Gasteiger partial charge on any atom is 0.224 e. The molecular weight excluding hydrogens is 370 g/mol. The third-order valence-electron chi connectivity index (χ3n) is 6.37. The van der Waals surface area contributed by atoms with Gasteiger partial charge < -0.3 is 14.4 Å². The molecule has 0 fully saturated rings. The Morgan fingerprint density at radius 3 is 2.57 bits per heavy atom. The smallest absolute Gasteiger partial charge is 0.224 e. The van der Waals surface area contributed by atoms with E-state index in [2.05, 4.69) is 53.0 Å². The first kappa shape index (κ1) is 20.6. The van der Waals surface area contributed by atoms with E-state index in [1.165, 1.54) is 45.8 Å². The fraction of sp³-hybridized carbons (Fsp3) is 0.440. The van der Waals surface area contributed by atoms with Gasteiger partial charge in [0.2, 0.25) is 5.95 Å². The van der Waals surface area contributed by atoms with Crippen LogP contribution in [0.2, 0.25) is 0 Å². The number of fused-ring (bicyclic) bond motifs is 1. The Morgan fingerprint density at radius 2 is 1.90 bits per heavy atom. The first-order valence-electron chi connectivity index (χ1n) is 10.8. The normalized spacial score (nSPS) is 17.4. The van der Waals surface area contributed by atoms with Crippen molar-refractivity contribution in [3.63, 3.8) is 0 Å². The van der Waals surface area contributed by atoms with Crippen LogP contribution in [0, 0.1) is 6.92 Å². The molecule has 3 heterocycles. The maximum absolute atomic E-state index is 4.57. The zero-order valence-corrected chi connectivity index (χ0v) is 19.0. The summed E-state index contributed by atoms with van der Waals surface area (Å²) >= 11 is 0. The van der Waals surface area contributed by atoms with Crippen molar-refractivity contribution in [1.82, 2.24) is 19.4 Å². The Hall–Kier alpha value is -2.66. The summed E-state index contributed by atoms with van der Waals surface area (Å²) in [4.78, 5) is 13.5. The van der Waals surface area contributed by atoms with E-state index >= 15 is 0 Å². The lowest BCUT2D eigenvalue weighted by atomic mass is 10.0. The third kappa shape index (κ3) is 3.63. The lowest BCUT2D eigenvalue weighted by molar-refractivity contribution is 0.310. The van der Waals surface area contributed by atoms with Gasteiger partial charge >= 0.3 is 0 Å². The van der Waals surface area contributed by atoms with Gasteiger partial charge in [-0.1, -0.05) is 18.2 Å². The van der Waals surface area contributed by atoms with Gasteiger partial charge in [-0.25, -0.2) is 9.97 Å². The number of allylic oxidation sites excluding steroid dienone is 4. The Bertz CT molecular complexity index is 1020. The number of aromatic nitrogens is 3. The summed E-state index contributed by atoms with van der Waals surface area (Å²) < 4.78 is 2.56. The molecular formula is C25H33N5. The van der Waals surface area contributed by atoms with Gasteiger partial charge in [0.15, 0.2) is 0 Å². The van der Waals surface area contributed by atoms with Crippen LogP contribution in [0.3, 0.4) is 0 Å². The fourth-order valence-corrected chi connectivity index (χ4v) is 4.75. The highest BCUT2D eigenvalue weighted by atomic mass is 15.2. The van der Waals surface area contributed by atoms with Crippen LogP contribution in [0.15, 0.2) is 30.6 Å². The van der Waals surface area contributed by atoms with Crippen LogP contribution in [0.1, 0.15) is 54.3 Å². The minimum absolute atomic E-state index is 0.754. The van der Waals surface area contributed by atoms with Crippen molar-refractivity contribution in [3.8, 4) is 0 Å². The van der Waals surface area contributed by atoms with E-state index in [1.807, 2.05) is 37.5 Å². The predicted molar refractivity (Wildman–Crippen MR) is 126 cm³/mol. The summed E-state index contributed by atoms with van der Waals surface area (Å²) in [5, 5.41) is 0. The van der Waals surface area contributed by atoms with Crippen LogP contribution in [0.4, 0.5) is 5.95 Å². The average Bonchev–Trinajstić information content (AvgIpc) is 3.31. The van der Waals surface area contributed by atoms with Gasteiger partial charge in [-0.2, -0.15) is 0 Å². The molecule has 1 aliphatic carbocycles. The summed E-state index contributed by atoms with van der Waals surface area (Å²) in [7, 11) is 6.16. The highest BCUT2D eigenvalue weighted by Gasteiger charge is 2.28. The summed E-state index contributed by atoms with van der Waals surface area (Å²) in [6.45, 7) is 10.5. The third-order valence-corrected chi connectivity index (χ3v) is 6.37. The topological polar surface area (TPSA) is 37.2 Å². The molecule has 0 saturated carbocycles. The number of rotatable bonds is 5. The number of hydrogen-bond acceptors (Lipinski definition) is 4. The summed E-state index contributed by atoms with van der Waals surface area (Å²) in [6.07, 6.45) is 12.7. The van der Waals surface area contributed by atoms with Gasteiger partial charge in [-0.15, -0.1) is 0 Å². The van der Waals surface area contributed by atoms with Crippen molar-refractivity contribution >= 4 is 23.3 Å². The predicted octanol–water partition coefficient (Wildman–Crippen LogP) is 4.78. The zero-order valence-electron chi connectivity index (χ0n) is 19.0. The van der Waals surface area contributed by atoms with E-state index in [-0.39, 0.29) is 0 Å². The molecule has 0 spiro atoms. The van der Waals surface area contributed by atoms with Crippen molar-refractivity contribution < 1.29 is 0 Å². The largest absolute Gasteiger partial charge is 0.347 e. The molecule has 0 radical (unpaired) electrons. The Labute approximate surface area is 180 Å². The maximum atomic E-state index is 4.57. The summed E-state index contributed by atoms with van der Waals surface area (Å²) in [5.41, 5.74) is 10.9. The van der Waals surface area contributed by atoms with Gasteiger partial charge in [-0.05, 0) is 57.4 Å². The van der Waals surface area contributed by atoms with Crippen LogP contribution in [0.5, 0.6) is 0 Å². The quantitative estimate of drug-likeness (QED) is 0.673. The van der Waals surface area contributed by atoms with Gasteiger partial charge in [-0.3, -0.25) is 0 Å². The van der Waals surface area contributed by atoms with Crippen LogP contribution in [-0.4, -0.2) is 47.1 Å². The van der Waals surface area contributed by atoms with Crippen LogP contribution < -0.4 is 4.90 Å². The standard InChI is InChI=1S/C25H33N5/c1-7-17(2)13-21-18(3)30(24-11-12-29(6)16-22(21)24)23-10-8-9-20(23)19-14-26-25(27-15-19)28(4)5/h7,13-15H,1,8-12,16H2,2-6H3. The van der Waals surface area contributed by atoms with E-state index in [0.29, 0.717) is 0 Å². The molecule has 4 rings (SSSR count). The highest BCUT2D eigenvalue weighted by Crippen LogP contribution is 2.41. The second kappa shape index (κ2) is 8.23. The molecule has 2 aromatic rings. The fourth-order valence-electron chi connectivity index (χ4n) is 4.75. The first-order chi connectivity index (χ1) is 14.4. The molecule has 0 atom stereocenters. The van der Waals surface area contributed by atoms with Crippen molar-refractivity contribution in [2.24, 2.45) is 0 Å². The van der Waals surface area contributed by atoms with Crippen molar-refractivity contribution in [2.75, 3.05) is 32.6 Å². The Morgan fingerprint density at radius 1 is 1.17 bits per heavy atom. The highest BCUT2D eigenvalue weighted by molar-refractivity contribution is 5.86. The van der Waals surface area contributed by atoms with Gasteiger partial charge in [0.1, 0.15) is 0 Å². The summed E-state index contributed by atoms with van der Waals surface area (Å²) in [5.74, 6) is 0.754. The van der Waals surface area contributed by atoms with Crippen LogP contribution >= 0.6 is 0 Å². The van der Waals surface area contributed by atoms with Gasteiger partial charge in [0.25, 0.3) is 0 Å². The number of likely N-dealkylation sites (N-methyl/N-ethyl adjacent to an activating group) is 1. The minimum atomic E-state index is 0.754. The molecule has 0 amide bonds. The Kier molecular flexibility index (Phi) is 5.65. The number of nitrogens with zero attached hydrogens (tertiary/aromatic N) is 5. The molecule has 2 aromatic heterocycles. The molecule has 0 saturated heterocycles. The number of anilines is 1. The molecule has 0 bridgehead atoms. The van der Waals surface area contributed by atoms with Gasteiger partial charge in [0.05, 0.1) is 0 Å². The Balaban J connectivity index is 1.87. The number of hydrogen-bond donors (Lipinski definition) is 0. The van der Waals surface area contributed by atoms with Crippen molar-refractivity contribution in [1.29, 1.82) is 0 Å². The molecule has 2 aliphatic rings. The van der Waals surface area contributed by atoms with Crippen LogP contribution in [0.25, 0.3) is 17.3 Å². The minimum Gasteiger partial charge on any atom is -0.347 e. The molecule has 0 aromatic carbocycles. The second-order valence-electron chi connectivity index (χ2n) is 8.78. The SMILES string of the molecule is C=CC(C)=Cc1c2c(n(C3=C(c4cnc(N(C)C)nc4)CCC3)c1C)CCN(C)C2. The first-order valence-corrected chi connectivity index (χ1v) is 10.8. The lowest BCUT2D eigenvalue weighted by Gasteiger charge is -2.25. The van der Waals surface area contributed by atoms with E-state index in [4.69, 9.17) is 0 Å². The molecule has 0 unspecified atom stereocenters.